The number of nitrogens with zero attached hydrogens (tertiary/aromatic N) is 1. The molecule has 1 heterocycles. The van der Waals surface area contributed by atoms with Gasteiger partial charge in [-0.1, -0.05) is 51.4 Å². The fraction of sp³-hybridized carbons (Fsp3) is 1.00. The van der Waals surface area contributed by atoms with Crippen LogP contribution in [0.3, 0.4) is 0 Å². The van der Waals surface area contributed by atoms with Crippen LogP contribution in [-0.2, 0) is 5.21 Å². The Labute approximate surface area is 144 Å². The van der Waals surface area contributed by atoms with E-state index in [-0.39, 0.29) is 11.1 Å². The van der Waals surface area contributed by atoms with E-state index in [0.717, 1.165) is 24.5 Å². The number of unbranched alkanes of at least 4 members (excludes halogenated alkanes) is 7. The molecule has 0 spiro atoms. The Kier molecular flexibility index (Phi) is 8.81. The standard InChI is InChI=1S/C19H38NOS/c1-18(2)15-17(16-19(3,4)20(18)21)13-11-9-7-5-6-8-10-12-14-22/h17,22H,5-16H2,1-4H3. The van der Waals surface area contributed by atoms with Gasteiger partial charge >= 0.3 is 0 Å². The Balaban J connectivity index is 2.12. The van der Waals surface area contributed by atoms with E-state index in [4.69, 9.17) is 0 Å². The summed E-state index contributed by atoms with van der Waals surface area (Å²) in [6, 6.07) is 0. The molecule has 0 aromatic carbocycles. The fourth-order valence-electron chi connectivity index (χ4n) is 4.28. The van der Waals surface area contributed by atoms with Crippen molar-refractivity contribution in [3.63, 3.8) is 0 Å². The molecule has 0 N–H and O–H groups in total. The molecule has 1 fully saturated rings. The van der Waals surface area contributed by atoms with Crippen LogP contribution in [0.2, 0.25) is 0 Å². The van der Waals surface area contributed by atoms with Crippen LogP contribution in [0.25, 0.3) is 0 Å². The summed E-state index contributed by atoms with van der Waals surface area (Å²) < 4.78 is 0. The van der Waals surface area contributed by atoms with Crippen molar-refractivity contribution in [1.82, 2.24) is 5.06 Å². The number of piperidine rings is 1. The number of hydrogen-bond donors (Lipinski definition) is 1. The third kappa shape index (κ3) is 6.80. The van der Waals surface area contributed by atoms with Crippen LogP contribution >= 0.6 is 12.6 Å². The molecule has 0 aliphatic carbocycles. The van der Waals surface area contributed by atoms with Gasteiger partial charge in [-0.25, -0.2) is 0 Å². The normalized spacial score (nSPS) is 22.1. The van der Waals surface area contributed by atoms with Gasteiger partial charge in [0.05, 0.1) is 0 Å². The molecule has 22 heavy (non-hydrogen) atoms. The molecule has 1 aliphatic rings. The molecular formula is C19H38NOS. The van der Waals surface area contributed by atoms with Gasteiger partial charge in [-0.05, 0) is 58.6 Å². The lowest BCUT2D eigenvalue weighted by Gasteiger charge is -2.50. The van der Waals surface area contributed by atoms with E-state index < -0.39 is 0 Å². The van der Waals surface area contributed by atoms with Gasteiger partial charge in [0, 0.05) is 11.1 Å². The summed E-state index contributed by atoms with van der Waals surface area (Å²) >= 11 is 4.25. The van der Waals surface area contributed by atoms with Crippen LogP contribution < -0.4 is 0 Å². The van der Waals surface area contributed by atoms with Gasteiger partial charge in [-0.3, -0.25) is 0 Å². The van der Waals surface area contributed by atoms with Crippen LogP contribution in [0.1, 0.15) is 98.3 Å². The van der Waals surface area contributed by atoms with Crippen LogP contribution in [0.5, 0.6) is 0 Å². The predicted molar refractivity (Wildman–Crippen MR) is 98.8 cm³/mol. The first kappa shape index (κ1) is 20.3. The zero-order valence-corrected chi connectivity index (χ0v) is 16.3. The quantitative estimate of drug-likeness (QED) is 0.383. The van der Waals surface area contributed by atoms with Gasteiger partial charge < -0.3 is 0 Å². The summed E-state index contributed by atoms with van der Waals surface area (Å²) in [5.41, 5.74) is -0.390. The van der Waals surface area contributed by atoms with E-state index in [1.54, 1.807) is 0 Å². The highest BCUT2D eigenvalue weighted by atomic mass is 32.1. The third-order valence-electron chi connectivity index (χ3n) is 5.20. The minimum atomic E-state index is -0.195. The molecular weight excluding hydrogens is 290 g/mol. The molecule has 1 saturated heterocycles. The summed E-state index contributed by atoms with van der Waals surface area (Å²) in [4.78, 5) is 0. The van der Waals surface area contributed by atoms with Crippen LogP contribution in [0.4, 0.5) is 0 Å². The van der Waals surface area contributed by atoms with Crippen LogP contribution in [0, 0.1) is 5.92 Å². The maximum Gasteiger partial charge on any atom is 0.0446 e. The van der Waals surface area contributed by atoms with Crippen molar-refractivity contribution in [1.29, 1.82) is 0 Å². The van der Waals surface area contributed by atoms with Gasteiger partial charge in [0.25, 0.3) is 0 Å². The van der Waals surface area contributed by atoms with Gasteiger partial charge in [-0.2, -0.15) is 12.6 Å². The van der Waals surface area contributed by atoms with E-state index in [2.05, 4.69) is 40.3 Å². The van der Waals surface area contributed by atoms with E-state index in [0.29, 0.717) is 0 Å². The topological polar surface area (TPSA) is 23.1 Å². The Morgan fingerprint density at radius 1 is 0.818 bits per heavy atom. The molecule has 3 heteroatoms. The van der Waals surface area contributed by atoms with E-state index in [1.807, 2.05) is 0 Å². The highest BCUT2D eigenvalue weighted by molar-refractivity contribution is 7.80. The minimum absolute atomic E-state index is 0.195. The molecule has 1 aliphatic heterocycles. The Morgan fingerprint density at radius 3 is 1.68 bits per heavy atom. The fourth-order valence-corrected chi connectivity index (χ4v) is 4.50. The van der Waals surface area contributed by atoms with Crippen molar-refractivity contribution in [3.05, 3.63) is 0 Å². The Morgan fingerprint density at radius 2 is 1.23 bits per heavy atom. The second kappa shape index (κ2) is 9.54. The lowest BCUT2D eigenvalue weighted by Crippen LogP contribution is -2.58. The van der Waals surface area contributed by atoms with E-state index in [1.165, 1.54) is 62.9 Å². The molecule has 0 atom stereocenters. The largest absolute Gasteiger partial charge is 0.179 e. The molecule has 1 radical (unpaired) electrons. The maximum absolute atomic E-state index is 12.3. The van der Waals surface area contributed by atoms with Gasteiger partial charge in [-0.15, -0.1) is 10.3 Å². The molecule has 0 bridgehead atoms. The number of thiol groups is 1. The summed E-state index contributed by atoms with van der Waals surface area (Å²) in [7, 11) is 0. The van der Waals surface area contributed by atoms with E-state index in [9.17, 15) is 5.21 Å². The average molecular weight is 329 g/mol. The Bertz CT molecular complexity index is 286. The molecule has 1 rings (SSSR count). The van der Waals surface area contributed by atoms with Crippen LogP contribution in [0.15, 0.2) is 0 Å². The molecule has 2 nitrogen and oxygen atoms in total. The first-order valence-electron chi connectivity index (χ1n) is 9.38. The monoisotopic (exact) mass is 328 g/mol. The van der Waals surface area contributed by atoms with Crippen LogP contribution in [-0.4, -0.2) is 21.9 Å². The molecule has 0 amide bonds. The smallest absolute Gasteiger partial charge is 0.0446 e. The van der Waals surface area contributed by atoms with E-state index >= 15 is 0 Å². The summed E-state index contributed by atoms with van der Waals surface area (Å²) in [6.45, 7) is 8.44. The highest BCUT2D eigenvalue weighted by Gasteiger charge is 2.45. The second-order valence-corrected chi connectivity index (χ2v) is 8.98. The predicted octanol–water partition coefficient (Wildman–Crippen LogP) is 6.04. The SMILES string of the molecule is CC1(C)CC(CCCCCCCCCCS)CC(C)(C)N1[O]. The van der Waals surface area contributed by atoms with Crippen molar-refractivity contribution in [2.24, 2.45) is 5.92 Å². The zero-order valence-electron chi connectivity index (χ0n) is 15.4. The van der Waals surface area contributed by atoms with Crippen molar-refractivity contribution >= 4 is 12.6 Å². The summed E-state index contributed by atoms with van der Waals surface area (Å²) in [5.74, 6) is 1.76. The molecule has 131 valence electrons. The lowest BCUT2D eigenvalue weighted by molar-refractivity contribution is -0.294. The molecule has 0 saturated carbocycles. The first-order valence-corrected chi connectivity index (χ1v) is 10.0. The Hall–Kier alpha value is 0.270. The second-order valence-electron chi connectivity index (χ2n) is 8.53. The minimum Gasteiger partial charge on any atom is -0.179 e. The highest BCUT2D eigenvalue weighted by Crippen LogP contribution is 2.42. The van der Waals surface area contributed by atoms with Crippen molar-refractivity contribution < 1.29 is 5.21 Å². The lowest BCUT2D eigenvalue weighted by atomic mass is 9.73. The number of hydrogen-bond acceptors (Lipinski definition) is 2. The average Bonchev–Trinajstić information content (AvgIpc) is 2.42. The third-order valence-corrected chi connectivity index (χ3v) is 5.51. The van der Waals surface area contributed by atoms with Gasteiger partial charge in [0.1, 0.15) is 0 Å². The van der Waals surface area contributed by atoms with Gasteiger partial charge in [0.15, 0.2) is 0 Å². The summed E-state index contributed by atoms with van der Waals surface area (Å²) in [6.07, 6.45) is 14.3. The molecule has 0 aromatic rings. The summed E-state index contributed by atoms with van der Waals surface area (Å²) in [5, 5.41) is 13.7. The van der Waals surface area contributed by atoms with Crippen molar-refractivity contribution in [3.8, 4) is 0 Å². The zero-order chi connectivity index (χ0) is 16.6. The maximum atomic E-state index is 12.3. The molecule has 0 unspecified atom stereocenters. The van der Waals surface area contributed by atoms with Gasteiger partial charge in [0.2, 0.25) is 0 Å². The number of hydroxylamine groups is 2. The first-order chi connectivity index (χ1) is 10.3. The van der Waals surface area contributed by atoms with Crippen molar-refractivity contribution in [2.45, 2.75) is 109 Å². The molecule has 0 aromatic heterocycles. The van der Waals surface area contributed by atoms with Crippen molar-refractivity contribution in [2.75, 3.05) is 5.75 Å². The number of rotatable bonds is 10.